The molecule has 18 heavy (non-hydrogen) atoms. The number of alkyl halides is 3. The highest BCUT2D eigenvalue weighted by Crippen LogP contribution is 2.56. The maximum absolute atomic E-state index is 13.0. The van der Waals surface area contributed by atoms with Crippen molar-refractivity contribution < 1.29 is 25.7 Å². The Morgan fingerprint density at radius 1 is 1.22 bits per heavy atom. The van der Waals surface area contributed by atoms with Crippen LogP contribution in [0.5, 0.6) is 0 Å². The van der Waals surface area contributed by atoms with E-state index in [0.29, 0.717) is 5.56 Å². The highest BCUT2D eigenvalue weighted by molar-refractivity contribution is 8.24. The van der Waals surface area contributed by atoms with Gasteiger partial charge in [-0.3, -0.25) is 0 Å². The van der Waals surface area contributed by atoms with Gasteiger partial charge in [-0.25, -0.2) is 0 Å². The van der Waals surface area contributed by atoms with Crippen LogP contribution in [-0.4, -0.2) is 18.6 Å². The zero-order valence-electron chi connectivity index (χ0n) is 9.43. The number of halogens is 5. The Hall–Kier alpha value is -0.820. The summed E-state index contributed by atoms with van der Waals surface area (Å²) in [6, 6.07) is 4.20. The summed E-state index contributed by atoms with van der Waals surface area (Å²) in [4.78, 5) is 0. The van der Waals surface area contributed by atoms with E-state index in [1.807, 2.05) is 0 Å². The molecule has 2 rings (SSSR count). The summed E-state index contributed by atoms with van der Waals surface area (Å²) in [5.74, 6) is -0.439. The van der Waals surface area contributed by atoms with Gasteiger partial charge < -0.3 is 4.74 Å². The van der Waals surface area contributed by atoms with Crippen LogP contribution in [0, 0.1) is 0 Å². The maximum atomic E-state index is 13.0. The van der Waals surface area contributed by atoms with Gasteiger partial charge in [0.1, 0.15) is 5.60 Å². The first-order valence-corrected chi connectivity index (χ1v) is 7.10. The number of rotatable bonds is 3. The van der Waals surface area contributed by atoms with Crippen LogP contribution >= 0.6 is 10.8 Å². The molecule has 1 aromatic rings. The Balaban J connectivity index is 2.20. The Morgan fingerprint density at radius 2 is 1.72 bits per heavy atom. The highest BCUT2D eigenvalue weighted by atomic mass is 32.3. The third kappa shape index (κ3) is 2.95. The van der Waals surface area contributed by atoms with Gasteiger partial charge in [0.15, 0.2) is 0 Å². The summed E-state index contributed by atoms with van der Waals surface area (Å²) >= 11 is 0. The largest absolute Gasteiger partial charge is 0.416 e. The molecule has 0 spiro atoms. The summed E-state index contributed by atoms with van der Waals surface area (Å²) in [6.07, 6.45) is -3.57. The second kappa shape index (κ2) is 4.09. The topological polar surface area (TPSA) is 12.5 Å². The van der Waals surface area contributed by atoms with Gasteiger partial charge in [0, 0.05) is 6.26 Å². The predicted molar refractivity (Wildman–Crippen MR) is 59.7 cm³/mol. The highest BCUT2D eigenvalue weighted by Gasteiger charge is 2.50. The molecule has 1 heterocycles. The van der Waals surface area contributed by atoms with Gasteiger partial charge in [-0.1, -0.05) is 12.1 Å². The molecule has 0 amide bonds. The number of hydrogen-bond acceptors (Lipinski definition) is 1. The van der Waals surface area contributed by atoms with Gasteiger partial charge in [-0.15, -0.1) is 0 Å². The normalized spacial score (nSPS) is 25.0. The molecular weight excluding hydrogens is 275 g/mol. The monoisotopic (exact) mass is 286 g/mol. The van der Waals surface area contributed by atoms with E-state index in [-0.39, 0.29) is 6.61 Å². The average Bonchev–Trinajstić information content (AvgIpc) is 2.95. The lowest BCUT2D eigenvalue weighted by molar-refractivity contribution is -0.137. The molecule has 1 fully saturated rings. The zero-order chi connectivity index (χ0) is 13.6. The fraction of sp³-hybridized carbons (Fsp3) is 0.455. The van der Waals surface area contributed by atoms with Gasteiger partial charge in [-0.2, -0.15) is 20.9 Å². The summed E-state index contributed by atoms with van der Waals surface area (Å²) in [6.45, 7) is 0.134. The molecule has 1 aliphatic heterocycles. The Labute approximate surface area is 103 Å². The van der Waals surface area contributed by atoms with Gasteiger partial charge >= 0.3 is 6.18 Å². The van der Waals surface area contributed by atoms with E-state index in [0.717, 1.165) is 18.4 Å². The summed E-state index contributed by atoms with van der Waals surface area (Å²) in [7, 11) is -3.75. The quantitative estimate of drug-likeness (QED) is 0.601. The number of benzene rings is 1. The van der Waals surface area contributed by atoms with E-state index in [4.69, 9.17) is 4.74 Å². The molecule has 1 aromatic carbocycles. The molecular formula is C11H11F5OS. The van der Waals surface area contributed by atoms with Crippen LogP contribution in [0.4, 0.5) is 20.9 Å². The average molecular weight is 286 g/mol. The fourth-order valence-corrected chi connectivity index (χ4v) is 2.94. The van der Waals surface area contributed by atoms with Crippen molar-refractivity contribution in [1.29, 1.82) is 0 Å². The van der Waals surface area contributed by atoms with Crippen LogP contribution in [0.2, 0.25) is 0 Å². The molecule has 7 heteroatoms. The molecule has 1 atom stereocenters. The lowest BCUT2D eigenvalue weighted by atomic mass is 10.0. The molecule has 1 saturated heterocycles. The minimum Gasteiger partial charge on any atom is -0.363 e. The van der Waals surface area contributed by atoms with Crippen LogP contribution in [0.3, 0.4) is 0 Å². The van der Waals surface area contributed by atoms with Crippen molar-refractivity contribution in [2.75, 3.05) is 18.6 Å². The smallest absolute Gasteiger partial charge is 0.363 e. The predicted octanol–water partition coefficient (Wildman–Crippen LogP) is 4.13. The molecule has 1 aliphatic rings. The van der Waals surface area contributed by atoms with Crippen molar-refractivity contribution in [2.45, 2.75) is 11.8 Å². The fourth-order valence-electron chi connectivity index (χ4n) is 1.79. The standard InChI is InChI=1S/C11H11F5OS/c1-18(15,16)7-10(6-17-10)8-2-4-9(5-3-8)11(12,13)14/h2-5H,6-7H2,1H3. The molecule has 0 N–H and O–H groups in total. The molecule has 0 aromatic heterocycles. The summed E-state index contributed by atoms with van der Waals surface area (Å²) in [5.41, 5.74) is -1.50. The van der Waals surface area contributed by atoms with Gasteiger partial charge in [0.05, 0.1) is 28.7 Å². The van der Waals surface area contributed by atoms with Crippen molar-refractivity contribution in [3.05, 3.63) is 35.4 Å². The first-order chi connectivity index (χ1) is 8.12. The van der Waals surface area contributed by atoms with Crippen molar-refractivity contribution in [3.63, 3.8) is 0 Å². The molecule has 1 unspecified atom stereocenters. The van der Waals surface area contributed by atoms with E-state index in [9.17, 15) is 20.9 Å². The van der Waals surface area contributed by atoms with E-state index >= 15 is 0 Å². The third-order valence-corrected chi connectivity index (χ3v) is 3.69. The Bertz CT molecular complexity index is 430. The van der Waals surface area contributed by atoms with Crippen LogP contribution < -0.4 is 0 Å². The number of ether oxygens (including phenoxy) is 1. The van der Waals surface area contributed by atoms with Gasteiger partial charge in [0.25, 0.3) is 0 Å². The van der Waals surface area contributed by atoms with Crippen molar-refractivity contribution in [3.8, 4) is 0 Å². The number of hydrogen-bond donors (Lipinski definition) is 0. The van der Waals surface area contributed by atoms with E-state index in [2.05, 4.69) is 0 Å². The molecule has 1 nitrogen and oxygen atoms in total. The second-order valence-electron chi connectivity index (χ2n) is 4.38. The van der Waals surface area contributed by atoms with Crippen LogP contribution in [0.25, 0.3) is 0 Å². The van der Waals surface area contributed by atoms with Gasteiger partial charge in [0.2, 0.25) is 0 Å². The first-order valence-electron chi connectivity index (χ1n) is 5.09. The second-order valence-corrected chi connectivity index (χ2v) is 6.41. The minimum atomic E-state index is -4.42. The molecule has 0 radical (unpaired) electrons. The van der Waals surface area contributed by atoms with Gasteiger partial charge in [-0.05, 0) is 17.7 Å². The number of epoxide rings is 1. The van der Waals surface area contributed by atoms with Crippen molar-refractivity contribution in [2.24, 2.45) is 0 Å². The van der Waals surface area contributed by atoms with E-state index < -0.39 is 33.9 Å². The van der Waals surface area contributed by atoms with E-state index in [1.165, 1.54) is 12.1 Å². The zero-order valence-corrected chi connectivity index (χ0v) is 10.2. The van der Waals surface area contributed by atoms with Crippen LogP contribution in [-0.2, 0) is 16.5 Å². The summed E-state index contributed by atoms with van der Waals surface area (Å²) in [5, 5.41) is 0. The molecule has 0 aliphatic carbocycles. The lowest BCUT2D eigenvalue weighted by Gasteiger charge is -2.20. The third-order valence-electron chi connectivity index (χ3n) is 2.72. The van der Waals surface area contributed by atoms with Crippen LogP contribution in [0.1, 0.15) is 11.1 Å². The summed E-state index contributed by atoms with van der Waals surface area (Å²) < 4.78 is 68.2. The molecule has 102 valence electrons. The Morgan fingerprint density at radius 3 is 2.06 bits per heavy atom. The van der Waals surface area contributed by atoms with Crippen molar-refractivity contribution in [1.82, 2.24) is 0 Å². The maximum Gasteiger partial charge on any atom is 0.416 e. The first kappa shape index (κ1) is 13.6. The SMILES string of the molecule is CS(F)(F)CC1(c2ccc(C(F)(F)F)cc2)CO1. The molecule has 0 bridgehead atoms. The van der Waals surface area contributed by atoms with Crippen molar-refractivity contribution >= 4 is 10.8 Å². The molecule has 0 saturated carbocycles. The van der Waals surface area contributed by atoms with Crippen LogP contribution in [0.15, 0.2) is 24.3 Å². The minimum absolute atomic E-state index is 0.134. The lowest BCUT2D eigenvalue weighted by Crippen LogP contribution is -2.16. The van der Waals surface area contributed by atoms with E-state index in [1.54, 1.807) is 0 Å². The Kier molecular flexibility index (Phi) is 3.09.